The second-order valence-corrected chi connectivity index (χ2v) is 14.6. The molecule has 0 saturated heterocycles. The first-order valence-electron chi connectivity index (χ1n) is 19.5. The van der Waals surface area contributed by atoms with E-state index in [1.807, 2.05) is 12.2 Å². The van der Waals surface area contributed by atoms with Crippen LogP contribution < -0.4 is 4.90 Å². The van der Waals surface area contributed by atoms with Gasteiger partial charge in [-0.15, -0.1) is 0 Å². The average molecular weight is 722 g/mol. The fraction of sp³-hybridized carbons (Fsp3) is 0.0909. The smallest absolute Gasteiger partial charge is 0.0569 e. The van der Waals surface area contributed by atoms with Crippen LogP contribution in [-0.4, -0.2) is 6.04 Å². The molecule has 1 aliphatic carbocycles. The number of para-hydroxylation sites is 1. The van der Waals surface area contributed by atoms with E-state index in [2.05, 4.69) is 227 Å². The highest BCUT2D eigenvalue weighted by Gasteiger charge is 2.42. The Bertz CT molecular complexity index is 2560. The maximum atomic E-state index is 4.14. The summed E-state index contributed by atoms with van der Waals surface area (Å²) >= 11 is 0. The summed E-state index contributed by atoms with van der Waals surface area (Å²) in [5.74, 6) is 0. The molecule has 0 heterocycles. The van der Waals surface area contributed by atoms with Crippen molar-refractivity contribution in [2.45, 2.75) is 32.2 Å². The highest BCUT2D eigenvalue weighted by atomic mass is 15.2. The van der Waals surface area contributed by atoms with Gasteiger partial charge in [-0.1, -0.05) is 195 Å². The molecule has 8 rings (SSSR count). The van der Waals surface area contributed by atoms with E-state index in [0.29, 0.717) is 0 Å². The third-order valence-electron chi connectivity index (χ3n) is 11.6. The lowest BCUT2D eigenvalue weighted by Gasteiger charge is -2.35. The first kappa shape index (κ1) is 36.3. The number of allylic oxidation sites excluding steroid dienone is 5. The molecular formula is C55H47N. The molecule has 0 bridgehead atoms. The van der Waals surface area contributed by atoms with Crippen molar-refractivity contribution in [3.05, 3.63) is 241 Å². The van der Waals surface area contributed by atoms with E-state index in [1.165, 1.54) is 55.6 Å². The lowest BCUT2D eigenvalue weighted by atomic mass is 9.71. The Morgan fingerprint density at radius 2 is 0.964 bits per heavy atom. The lowest BCUT2D eigenvalue weighted by molar-refractivity contribution is 0.716. The van der Waals surface area contributed by atoms with Crippen molar-refractivity contribution in [3.8, 4) is 33.4 Å². The summed E-state index contributed by atoms with van der Waals surface area (Å²) < 4.78 is 0. The molecule has 1 heteroatoms. The van der Waals surface area contributed by atoms with Crippen molar-refractivity contribution in [2.24, 2.45) is 0 Å². The number of anilines is 2. The Balaban J connectivity index is 1.33. The van der Waals surface area contributed by atoms with E-state index in [9.17, 15) is 0 Å². The summed E-state index contributed by atoms with van der Waals surface area (Å²) in [5.41, 5.74) is 17.9. The van der Waals surface area contributed by atoms with E-state index in [0.717, 1.165) is 28.1 Å². The van der Waals surface area contributed by atoms with Gasteiger partial charge in [0.1, 0.15) is 0 Å². The van der Waals surface area contributed by atoms with Crippen LogP contribution in [0.25, 0.3) is 44.5 Å². The zero-order valence-electron chi connectivity index (χ0n) is 32.5. The monoisotopic (exact) mass is 721 g/mol. The molecular weight excluding hydrogens is 675 g/mol. The van der Waals surface area contributed by atoms with Crippen LogP contribution in [0, 0.1) is 0 Å². The Kier molecular flexibility index (Phi) is 10.1. The maximum Gasteiger partial charge on any atom is 0.0569 e. The minimum Gasteiger partial charge on any atom is -0.334 e. The normalized spacial score (nSPS) is 13.7. The summed E-state index contributed by atoms with van der Waals surface area (Å²) in [5, 5.41) is 0. The highest BCUT2D eigenvalue weighted by molar-refractivity contribution is 5.95. The van der Waals surface area contributed by atoms with Crippen LogP contribution in [0.2, 0.25) is 0 Å². The predicted octanol–water partition coefficient (Wildman–Crippen LogP) is 14.7. The number of hydrogen-bond acceptors (Lipinski definition) is 1. The molecule has 0 N–H and O–H groups in total. The molecule has 1 unspecified atom stereocenters. The van der Waals surface area contributed by atoms with Gasteiger partial charge in [0.2, 0.25) is 0 Å². The first-order chi connectivity index (χ1) is 27.5. The van der Waals surface area contributed by atoms with E-state index in [1.54, 1.807) is 0 Å². The Labute approximate surface area is 333 Å². The van der Waals surface area contributed by atoms with Crippen molar-refractivity contribution in [2.75, 3.05) is 4.90 Å². The molecule has 1 atom stereocenters. The molecule has 0 aliphatic heterocycles. The van der Waals surface area contributed by atoms with Crippen molar-refractivity contribution in [1.29, 1.82) is 0 Å². The summed E-state index contributed by atoms with van der Waals surface area (Å²) in [6.07, 6.45) is 8.08. The van der Waals surface area contributed by atoms with Gasteiger partial charge in [-0.3, -0.25) is 0 Å². The predicted molar refractivity (Wildman–Crippen MR) is 241 cm³/mol. The molecule has 0 aromatic heterocycles. The Hall–Kier alpha value is -6.70. The van der Waals surface area contributed by atoms with E-state index in [4.69, 9.17) is 0 Å². The highest BCUT2D eigenvalue weighted by Crippen LogP contribution is 2.55. The average Bonchev–Trinajstić information content (AvgIpc) is 3.52. The number of hydrogen-bond donors (Lipinski definition) is 0. The van der Waals surface area contributed by atoms with Gasteiger partial charge in [0.05, 0.1) is 6.04 Å². The standard InChI is InChI=1S/C55H47N/c1-6-22-44(42-23-10-9-11-24-42)39(4)56(43-37-35-41(36-38-43)40(7-2)8-3)54-34-21-17-30-50(54)46-26-13-12-25-45(46)47-27-14-18-31-51(47)55(5)52-32-19-15-28-48(52)49-29-16-20-33-53(49)55/h6-39H,1-2H2,3-5H3/b40-8+,44-22+. The summed E-state index contributed by atoms with van der Waals surface area (Å²) in [6.45, 7) is 15.0. The van der Waals surface area contributed by atoms with Crippen LogP contribution in [0.1, 0.15) is 48.6 Å². The van der Waals surface area contributed by atoms with Gasteiger partial charge in [0.25, 0.3) is 0 Å². The molecule has 56 heavy (non-hydrogen) atoms. The molecule has 0 saturated carbocycles. The molecule has 1 nitrogen and oxygen atoms in total. The molecule has 7 aromatic rings. The van der Waals surface area contributed by atoms with Crippen molar-refractivity contribution in [1.82, 2.24) is 0 Å². The molecule has 0 fully saturated rings. The minimum atomic E-state index is -0.337. The molecule has 0 amide bonds. The number of nitrogens with zero attached hydrogens (tertiary/aromatic N) is 1. The SMILES string of the molecule is C=C/C=C(/c1ccccc1)C(C)N(c1ccc(/C(C=C)=C/C)cc1)c1ccccc1-c1ccccc1-c1ccccc1C1(C)c2ccccc2-c2ccccc21. The van der Waals surface area contributed by atoms with Gasteiger partial charge in [-0.05, 0) is 106 Å². The molecule has 7 aromatic carbocycles. The van der Waals surface area contributed by atoms with Gasteiger partial charge in [-0.2, -0.15) is 0 Å². The topological polar surface area (TPSA) is 3.24 Å². The van der Waals surface area contributed by atoms with Crippen molar-refractivity contribution in [3.63, 3.8) is 0 Å². The zero-order chi connectivity index (χ0) is 38.6. The van der Waals surface area contributed by atoms with Gasteiger partial charge < -0.3 is 4.90 Å². The molecule has 1 aliphatic rings. The van der Waals surface area contributed by atoms with Crippen molar-refractivity contribution >= 4 is 22.5 Å². The summed E-state index contributed by atoms with van der Waals surface area (Å²) in [4.78, 5) is 2.48. The third kappa shape index (κ3) is 6.26. The minimum absolute atomic E-state index is 0.0483. The fourth-order valence-electron chi connectivity index (χ4n) is 8.92. The largest absolute Gasteiger partial charge is 0.334 e. The number of fused-ring (bicyclic) bond motifs is 3. The third-order valence-corrected chi connectivity index (χ3v) is 11.6. The van der Waals surface area contributed by atoms with Crippen molar-refractivity contribution < 1.29 is 0 Å². The number of benzene rings is 7. The number of rotatable bonds is 11. The van der Waals surface area contributed by atoms with Gasteiger partial charge in [-0.25, -0.2) is 0 Å². The Morgan fingerprint density at radius 3 is 1.48 bits per heavy atom. The van der Waals surface area contributed by atoms with E-state index < -0.39 is 0 Å². The fourth-order valence-corrected chi connectivity index (χ4v) is 8.92. The lowest BCUT2D eigenvalue weighted by Crippen LogP contribution is -2.30. The van der Waals surface area contributed by atoms with Gasteiger partial charge in [0, 0.05) is 22.4 Å². The summed E-state index contributed by atoms with van der Waals surface area (Å²) in [6, 6.07) is 64.2. The zero-order valence-corrected chi connectivity index (χ0v) is 32.5. The van der Waals surface area contributed by atoms with Crippen LogP contribution in [-0.2, 0) is 5.41 Å². The second-order valence-electron chi connectivity index (χ2n) is 14.6. The van der Waals surface area contributed by atoms with Gasteiger partial charge in [0.15, 0.2) is 0 Å². The van der Waals surface area contributed by atoms with Gasteiger partial charge >= 0.3 is 0 Å². The second kappa shape index (κ2) is 15.6. The van der Waals surface area contributed by atoms with E-state index >= 15 is 0 Å². The van der Waals surface area contributed by atoms with Crippen LogP contribution in [0.5, 0.6) is 0 Å². The van der Waals surface area contributed by atoms with E-state index in [-0.39, 0.29) is 11.5 Å². The van der Waals surface area contributed by atoms with Crippen LogP contribution in [0.4, 0.5) is 11.4 Å². The molecule has 0 radical (unpaired) electrons. The summed E-state index contributed by atoms with van der Waals surface area (Å²) in [7, 11) is 0. The first-order valence-corrected chi connectivity index (χ1v) is 19.5. The van der Waals surface area contributed by atoms with Crippen LogP contribution in [0.15, 0.2) is 213 Å². The maximum absolute atomic E-state index is 4.14. The molecule has 272 valence electrons. The molecule has 0 spiro atoms. The van der Waals surface area contributed by atoms with Crippen LogP contribution in [0.3, 0.4) is 0 Å². The Morgan fingerprint density at radius 1 is 0.518 bits per heavy atom. The van der Waals surface area contributed by atoms with Crippen LogP contribution >= 0.6 is 0 Å². The quantitative estimate of drug-likeness (QED) is 0.120.